The molecule has 0 saturated carbocycles. The Balaban J connectivity index is 2.86. The van der Waals surface area contributed by atoms with Crippen molar-refractivity contribution < 1.29 is 0 Å². The Kier molecular flexibility index (Phi) is 7.24. The summed E-state index contributed by atoms with van der Waals surface area (Å²) < 4.78 is 0. The lowest BCUT2D eigenvalue weighted by molar-refractivity contribution is 0.552. The van der Waals surface area contributed by atoms with Crippen LogP contribution in [-0.4, -0.2) is 19.1 Å². The number of aryl methyl sites for hydroxylation is 1. The van der Waals surface area contributed by atoms with Gasteiger partial charge in [0.1, 0.15) is 0 Å². The van der Waals surface area contributed by atoms with Gasteiger partial charge in [-0.05, 0) is 42.0 Å². The van der Waals surface area contributed by atoms with Crippen molar-refractivity contribution in [1.82, 2.24) is 5.32 Å². The minimum Gasteiger partial charge on any atom is -0.371 e. The molecule has 0 spiro atoms. The van der Waals surface area contributed by atoms with Gasteiger partial charge >= 0.3 is 0 Å². The van der Waals surface area contributed by atoms with E-state index in [-0.39, 0.29) is 0 Å². The van der Waals surface area contributed by atoms with E-state index >= 15 is 0 Å². The van der Waals surface area contributed by atoms with E-state index in [1.54, 1.807) is 0 Å². The Morgan fingerprint density at radius 2 is 1.52 bits per heavy atom. The number of nitrogens with one attached hydrogen (secondary N) is 1. The van der Waals surface area contributed by atoms with Gasteiger partial charge in [-0.3, -0.25) is 0 Å². The van der Waals surface area contributed by atoms with Gasteiger partial charge in [0.2, 0.25) is 0 Å². The molecule has 0 aliphatic carbocycles. The fourth-order valence-electron chi connectivity index (χ4n) is 2.56. The molecule has 0 unspecified atom stereocenters. The first-order valence-electron chi connectivity index (χ1n) is 8.37. The van der Waals surface area contributed by atoms with Gasteiger partial charge in [0.25, 0.3) is 0 Å². The third-order valence-electron chi connectivity index (χ3n) is 3.56. The second kappa shape index (κ2) is 8.43. The van der Waals surface area contributed by atoms with Gasteiger partial charge in [0, 0.05) is 31.4 Å². The Morgan fingerprint density at radius 3 is 1.95 bits per heavy atom. The van der Waals surface area contributed by atoms with Crippen LogP contribution in [0, 0.1) is 18.8 Å². The average molecular weight is 290 g/mol. The summed E-state index contributed by atoms with van der Waals surface area (Å²) in [6.45, 7) is 19.0. The zero-order valence-corrected chi connectivity index (χ0v) is 15.0. The maximum Gasteiger partial charge on any atom is 0.0369 e. The van der Waals surface area contributed by atoms with Gasteiger partial charge in [-0.25, -0.2) is 0 Å². The third-order valence-corrected chi connectivity index (χ3v) is 3.56. The maximum atomic E-state index is 3.50. The van der Waals surface area contributed by atoms with Crippen LogP contribution >= 0.6 is 0 Å². The SMILES string of the molecule is Cc1cc(N(CC(C)C)CC(C)C)ccc1CNC(C)C. The zero-order valence-electron chi connectivity index (χ0n) is 15.0. The molecule has 0 radical (unpaired) electrons. The number of benzene rings is 1. The highest BCUT2D eigenvalue weighted by molar-refractivity contribution is 5.51. The second-order valence-electron chi connectivity index (χ2n) is 7.34. The molecule has 0 saturated heterocycles. The van der Waals surface area contributed by atoms with E-state index in [0.717, 1.165) is 19.6 Å². The smallest absolute Gasteiger partial charge is 0.0369 e. The van der Waals surface area contributed by atoms with Crippen molar-refractivity contribution in [3.8, 4) is 0 Å². The van der Waals surface area contributed by atoms with Gasteiger partial charge in [-0.15, -0.1) is 0 Å². The standard InChI is InChI=1S/C19H34N2/c1-14(2)12-21(13-15(3)4)19-9-8-18(17(7)10-19)11-20-16(5)6/h8-10,14-16,20H,11-13H2,1-7H3. The largest absolute Gasteiger partial charge is 0.371 e. The molecule has 1 aromatic carbocycles. The highest BCUT2D eigenvalue weighted by Gasteiger charge is 2.11. The molecular weight excluding hydrogens is 256 g/mol. The molecule has 21 heavy (non-hydrogen) atoms. The van der Waals surface area contributed by atoms with Crippen molar-refractivity contribution in [3.63, 3.8) is 0 Å². The predicted molar refractivity (Wildman–Crippen MR) is 95.0 cm³/mol. The topological polar surface area (TPSA) is 15.3 Å². The van der Waals surface area contributed by atoms with Crippen LogP contribution in [0.3, 0.4) is 0 Å². The van der Waals surface area contributed by atoms with Crippen molar-refractivity contribution in [2.24, 2.45) is 11.8 Å². The minimum atomic E-state index is 0.530. The molecule has 120 valence electrons. The van der Waals surface area contributed by atoms with Crippen molar-refractivity contribution in [1.29, 1.82) is 0 Å². The van der Waals surface area contributed by atoms with Gasteiger partial charge in [0.05, 0.1) is 0 Å². The van der Waals surface area contributed by atoms with Crippen LogP contribution in [0.1, 0.15) is 52.7 Å². The molecule has 0 heterocycles. The quantitative estimate of drug-likeness (QED) is 0.752. The third kappa shape index (κ3) is 6.52. The molecule has 0 atom stereocenters. The summed E-state index contributed by atoms with van der Waals surface area (Å²) >= 11 is 0. The van der Waals surface area contributed by atoms with Crippen molar-refractivity contribution in [3.05, 3.63) is 29.3 Å². The minimum absolute atomic E-state index is 0.530. The lowest BCUT2D eigenvalue weighted by Crippen LogP contribution is -2.31. The maximum absolute atomic E-state index is 3.50. The molecule has 0 bridgehead atoms. The summed E-state index contributed by atoms with van der Waals surface area (Å²) in [7, 11) is 0. The Bertz CT molecular complexity index is 412. The molecule has 0 aliphatic rings. The zero-order chi connectivity index (χ0) is 16.0. The highest BCUT2D eigenvalue weighted by atomic mass is 15.1. The molecular formula is C19H34N2. The van der Waals surface area contributed by atoms with Gasteiger partial charge in [-0.2, -0.15) is 0 Å². The normalized spacial score (nSPS) is 11.7. The van der Waals surface area contributed by atoms with Gasteiger partial charge < -0.3 is 10.2 Å². The lowest BCUT2D eigenvalue weighted by Gasteiger charge is -2.29. The molecule has 1 N–H and O–H groups in total. The van der Waals surface area contributed by atoms with Crippen LogP contribution in [-0.2, 0) is 6.54 Å². The molecule has 2 nitrogen and oxygen atoms in total. The molecule has 2 heteroatoms. The van der Waals surface area contributed by atoms with E-state index in [1.165, 1.54) is 16.8 Å². The van der Waals surface area contributed by atoms with Crippen LogP contribution in [0.5, 0.6) is 0 Å². The van der Waals surface area contributed by atoms with E-state index < -0.39 is 0 Å². The molecule has 0 aromatic heterocycles. The fraction of sp³-hybridized carbons (Fsp3) is 0.684. The molecule has 1 rings (SSSR count). The van der Waals surface area contributed by atoms with E-state index in [0.29, 0.717) is 17.9 Å². The monoisotopic (exact) mass is 290 g/mol. The van der Waals surface area contributed by atoms with Crippen molar-refractivity contribution >= 4 is 5.69 Å². The number of nitrogens with zero attached hydrogens (tertiary/aromatic N) is 1. The van der Waals surface area contributed by atoms with Crippen LogP contribution < -0.4 is 10.2 Å². The summed E-state index contributed by atoms with van der Waals surface area (Å²) in [6.07, 6.45) is 0. The Labute approximate surface area is 131 Å². The first-order valence-corrected chi connectivity index (χ1v) is 8.37. The predicted octanol–water partition coefficient (Wildman–Crippen LogP) is 4.61. The highest BCUT2D eigenvalue weighted by Crippen LogP contribution is 2.21. The van der Waals surface area contributed by atoms with Gasteiger partial charge in [-0.1, -0.05) is 47.6 Å². The molecule has 0 aliphatic heterocycles. The van der Waals surface area contributed by atoms with E-state index in [4.69, 9.17) is 0 Å². The number of anilines is 1. The van der Waals surface area contributed by atoms with E-state index in [2.05, 4.69) is 76.9 Å². The number of rotatable bonds is 8. The van der Waals surface area contributed by atoms with Crippen LogP contribution in [0.25, 0.3) is 0 Å². The van der Waals surface area contributed by atoms with Crippen LogP contribution in [0.15, 0.2) is 18.2 Å². The van der Waals surface area contributed by atoms with Gasteiger partial charge in [0.15, 0.2) is 0 Å². The summed E-state index contributed by atoms with van der Waals surface area (Å²) in [5.74, 6) is 1.37. The van der Waals surface area contributed by atoms with E-state index in [1.807, 2.05) is 0 Å². The Hall–Kier alpha value is -1.02. The molecule has 0 fully saturated rings. The first kappa shape index (κ1) is 18.0. The Morgan fingerprint density at radius 1 is 0.952 bits per heavy atom. The number of hydrogen-bond donors (Lipinski definition) is 1. The summed E-state index contributed by atoms with van der Waals surface area (Å²) in [4.78, 5) is 2.53. The summed E-state index contributed by atoms with van der Waals surface area (Å²) in [5, 5.41) is 3.50. The summed E-state index contributed by atoms with van der Waals surface area (Å²) in [5.41, 5.74) is 4.16. The lowest BCUT2D eigenvalue weighted by atomic mass is 10.1. The number of hydrogen-bond acceptors (Lipinski definition) is 2. The van der Waals surface area contributed by atoms with E-state index in [9.17, 15) is 0 Å². The summed E-state index contributed by atoms with van der Waals surface area (Å²) in [6, 6.07) is 7.45. The van der Waals surface area contributed by atoms with Crippen molar-refractivity contribution in [2.75, 3.05) is 18.0 Å². The van der Waals surface area contributed by atoms with Crippen LogP contribution in [0.2, 0.25) is 0 Å². The molecule has 0 amide bonds. The van der Waals surface area contributed by atoms with Crippen molar-refractivity contribution in [2.45, 2.75) is 61.1 Å². The fourth-order valence-corrected chi connectivity index (χ4v) is 2.56. The van der Waals surface area contributed by atoms with Crippen LogP contribution in [0.4, 0.5) is 5.69 Å². The average Bonchev–Trinajstić information content (AvgIpc) is 2.35. The second-order valence-corrected chi connectivity index (χ2v) is 7.34. The molecule has 1 aromatic rings. The first-order chi connectivity index (χ1) is 9.79.